The van der Waals surface area contributed by atoms with E-state index in [-0.39, 0.29) is 5.91 Å². The van der Waals surface area contributed by atoms with Crippen LogP contribution in [0.4, 0.5) is 5.69 Å². The van der Waals surface area contributed by atoms with Crippen molar-refractivity contribution >= 4 is 11.6 Å². The van der Waals surface area contributed by atoms with E-state index in [0.29, 0.717) is 17.9 Å². The van der Waals surface area contributed by atoms with Crippen molar-refractivity contribution in [1.29, 1.82) is 0 Å². The van der Waals surface area contributed by atoms with Gasteiger partial charge < -0.3 is 10.7 Å². The first kappa shape index (κ1) is 14.0. The van der Waals surface area contributed by atoms with E-state index >= 15 is 0 Å². The molecule has 104 valence electrons. The van der Waals surface area contributed by atoms with E-state index in [4.69, 9.17) is 5.84 Å². The van der Waals surface area contributed by atoms with Gasteiger partial charge in [-0.15, -0.1) is 0 Å². The summed E-state index contributed by atoms with van der Waals surface area (Å²) in [6, 6.07) is 13.6. The smallest absolute Gasteiger partial charge is 0.269 e. The average molecular weight is 270 g/mol. The van der Waals surface area contributed by atoms with E-state index in [9.17, 15) is 4.79 Å². The quantitative estimate of drug-likeness (QED) is 0.424. The van der Waals surface area contributed by atoms with Gasteiger partial charge in [0, 0.05) is 6.54 Å². The van der Waals surface area contributed by atoms with Gasteiger partial charge in [0.15, 0.2) is 0 Å². The monoisotopic (exact) mass is 270 g/mol. The minimum absolute atomic E-state index is 0.165. The second kappa shape index (κ2) is 7.25. The average Bonchev–Trinajstić information content (AvgIpc) is 2.52. The molecule has 0 aliphatic carbocycles. The number of nitrogen functional groups attached to an aromatic ring is 1. The maximum Gasteiger partial charge on any atom is 0.269 e. The Kier molecular flexibility index (Phi) is 5.08. The van der Waals surface area contributed by atoms with Gasteiger partial charge >= 0.3 is 0 Å². The van der Waals surface area contributed by atoms with Crippen molar-refractivity contribution in [2.24, 2.45) is 5.84 Å². The van der Waals surface area contributed by atoms with Crippen LogP contribution in [-0.2, 0) is 6.42 Å². The number of anilines is 1. The molecule has 0 saturated carbocycles. The highest BCUT2D eigenvalue weighted by atomic mass is 16.1. The van der Waals surface area contributed by atoms with Crippen LogP contribution in [0.25, 0.3) is 0 Å². The normalized spacial score (nSPS) is 10.1. The molecule has 0 fully saturated rings. The summed E-state index contributed by atoms with van der Waals surface area (Å²) in [5, 5.41) is 2.85. The highest BCUT2D eigenvalue weighted by Gasteiger charge is 2.05. The van der Waals surface area contributed by atoms with Gasteiger partial charge in [-0.3, -0.25) is 10.6 Å². The standard InChI is InChI=1S/C15H18N4O/c16-19-13-8-9-14(18-11-13)15(20)17-10-4-7-12-5-2-1-3-6-12/h1-3,5-6,8-9,11,19H,4,7,10,16H2,(H,17,20). The number of nitrogens with zero attached hydrogens (tertiary/aromatic N) is 1. The summed E-state index contributed by atoms with van der Waals surface area (Å²) in [7, 11) is 0. The zero-order valence-corrected chi connectivity index (χ0v) is 11.2. The molecule has 20 heavy (non-hydrogen) atoms. The fraction of sp³-hybridized carbons (Fsp3) is 0.200. The number of carbonyl (C=O) groups excluding carboxylic acids is 1. The predicted molar refractivity (Wildman–Crippen MR) is 79.1 cm³/mol. The number of rotatable bonds is 6. The number of pyridine rings is 1. The molecule has 1 heterocycles. The molecule has 0 saturated heterocycles. The topological polar surface area (TPSA) is 80.0 Å². The summed E-state index contributed by atoms with van der Waals surface area (Å²) in [6.07, 6.45) is 3.38. The highest BCUT2D eigenvalue weighted by Crippen LogP contribution is 2.04. The van der Waals surface area contributed by atoms with Crippen LogP contribution in [0.3, 0.4) is 0 Å². The molecule has 0 radical (unpaired) electrons. The number of hydrogen-bond donors (Lipinski definition) is 3. The Balaban J connectivity index is 1.74. The molecule has 0 atom stereocenters. The number of hydrazine groups is 1. The first-order chi connectivity index (χ1) is 9.79. The molecule has 2 aromatic rings. The molecular formula is C15H18N4O. The van der Waals surface area contributed by atoms with Gasteiger partial charge in [-0.1, -0.05) is 30.3 Å². The Labute approximate surface area is 118 Å². The lowest BCUT2D eigenvalue weighted by molar-refractivity contribution is 0.0948. The van der Waals surface area contributed by atoms with Crippen molar-refractivity contribution in [3.63, 3.8) is 0 Å². The molecule has 0 bridgehead atoms. The summed E-state index contributed by atoms with van der Waals surface area (Å²) in [5.41, 5.74) is 4.81. The first-order valence-corrected chi connectivity index (χ1v) is 6.54. The van der Waals surface area contributed by atoms with Crippen LogP contribution in [0.5, 0.6) is 0 Å². The van der Waals surface area contributed by atoms with Crippen LogP contribution in [0, 0.1) is 0 Å². The number of carbonyl (C=O) groups is 1. The lowest BCUT2D eigenvalue weighted by Gasteiger charge is -2.05. The molecule has 1 amide bonds. The molecule has 0 aliphatic heterocycles. The van der Waals surface area contributed by atoms with E-state index in [1.165, 1.54) is 11.8 Å². The second-order valence-electron chi connectivity index (χ2n) is 4.42. The van der Waals surface area contributed by atoms with Gasteiger partial charge in [-0.2, -0.15) is 0 Å². The molecule has 5 heteroatoms. The Morgan fingerprint density at radius 2 is 1.95 bits per heavy atom. The van der Waals surface area contributed by atoms with Crippen molar-refractivity contribution in [2.45, 2.75) is 12.8 Å². The summed E-state index contributed by atoms with van der Waals surface area (Å²) >= 11 is 0. The van der Waals surface area contributed by atoms with Crippen molar-refractivity contribution in [3.05, 3.63) is 59.9 Å². The van der Waals surface area contributed by atoms with Crippen LogP contribution in [0.1, 0.15) is 22.5 Å². The SMILES string of the molecule is NNc1ccc(C(=O)NCCCc2ccccc2)nc1. The van der Waals surface area contributed by atoms with E-state index in [1.807, 2.05) is 18.2 Å². The van der Waals surface area contributed by atoms with Crippen LogP contribution >= 0.6 is 0 Å². The van der Waals surface area contributed by atoms with E-state index in [2.05, 4.69) is 27.9 Å². The summed E-state index contributed by atoms with van der Waals surface area (Å²) < 4.78 is 0. The Bertz CT molecular complexity index is 540. The van der Waals surface area contributed by atoms with Gasteiger partial charge in [0.05, 0.1) is 11.9 Å². The number of aryl methyl sites for hydroxylation is 1. The van der Waals surface area contributed by atoms with E-state index in [0.717, 1.165) is 12.8 Å². The van der Waals surface area contributed by atoms with Gasteiger partial charge in [-0.05, 0) is 30.5 Å². The molecule has 4 N–H and O–H groups in total. The number of nitrogens with two attached hydrogens (primary N) is 1. The molecule has 5 nitrogen and oxygen atoms in total. The molecule has 0 aliphatic rings. The third-order valence-electron chi connectivity index (χ3n) is 2.93. The largest absolute Gasteiger partial charge is 0.351 e. The van der Waals surface area contributed by atoms with Crippen molar-refractivity contribution in [1.82, 2.24) is 10.3 Å². The Morgan fingerprint density at radius 3 is 2.60 bits per heavy atom. The Morgan fingerprint density at radius 1 is 1.15 bits per heavy atom. The zero-order chi connectivity index (χ0) is 14.2. The number of nitrogens with one attached hydrogen (secondary N) is 2. The summed E-state index contributed by atoms with van der Waals surface area (Å²) in [6.45, 7) is 0.631. The van der Waals surface area contributed by atoms with Gasteiger partial charge in [0.25, 0.3) is 5.91 Å². The molecule has 1 aromatic carbocycles. The van der Waals surface area contributed by atoms with Crippen molar-refractivity contribution in [2.75, 3.05) is 12.0 Å². The number of hydrogen-bond acceptors (Lipinski definition) is 4. The molecule has 0 spiro atoms. The van der Waals surface area contributed by atoms with Gasteiger partial charge in [0.2, 0.25) is 0 Å². The van der Waals surface area contributed by atoms with Crippen LogP contribution in [0.2, 0.25) is 0 Å². The fourth-order valence-corrected chi connectivity index (χ4v) is 1.84. The molecule has 1 aromatic heterocycles. The first-order valence-electron chi connectivity index (χ1n) is 6.54. The maximum absolute atomic E-state index is 11.8. The van der Waals surface area contributed by atoms with Crippen molar-refractivity contribution < 1.29 is 4.79 Å². The minimum atomic E-state index is -0.165. The van der Waals surface area contributed by atoms with E-state index in [1.54, 1.807) is 12.1 Å². The third-order valence-corrected chi connectivity index (χ3v) is 2.93. The third kappa shape index (κ3) is 4.07. The molecule has 2 rings (SSSR count). The maximum atomic E-state index is 11.8. The zero-order valence-electron chi connectivity index (χ0n) is 11.2. The lowest BCUT2D eigenvalue weighted by atomic mass is 10.1. The predicted octanol–water partition coefficient (Wildman–Crippen LogP) is 1.73. The highest BCUT2D eigenvalue weighted by molar-refractivity contribution is 5.92. The summed E-state index contributed by atoms with van der Waals surface area (Å²) in [5.74, 6) is 5.07. The van der Waals surface area contributed by atoms with Crippen LogP contribution in [-0.4, -0.2) is 17.4 Å². The van der Waals surface area contributed by atoms with Crippen molar-refractivity contribution in [3.8, 4) is 0 Å². The number of amides is 1. The number of benzene rings is 1. The second-order valence-corrected chi connectivity index (χ2v) is 4.42. The number of aromatic nitrogens is 1. The summed E-state index contributed by atoms with van der Waals surface area (Å²) in [4.78, 5) is 15.9. The van der Waals surface area contributed by atoms with E-state index < -0.39 is 0 Å². The Hall–Kier alpha value is -2.40. The van der Waals surface area contributed by atoms with Crippen LogP contribution in [0.15, 0.2) is 48.7 Å². The van der Waals surface area contributed by atoms with Gasteiger partial charge in [0.1, 0.15) is 5.69 Å². The fourth-order valence-electron chi connectivity index (χ4n) is 1.84. The minimum Gasteiger partial charge on any atom is -0.351 e. The van der Waals surface area contributed by atoms with Crippen LogP contribution < -0.4 is 16.6 Å². The lowest BCUT2D eigenvalue weighted by Crippen LogP contribution is -2.25. The molecule has 0 unspecified atom stereocenters. The molecular weight excluding hydrogens is 252 g/mol. The van der Waals surface area contributed by atoms with Gasteiger partial charge in [-0.25, -0.2) is 4.98 Å².